The fraction of sp³-hybridized carbons (Fsp3) is 0.125. The van der Waals surface area contributed by atoms with E-state index in [2.05, 4.69) is 48.5 Å². The molecule has 2 nitrogen and oxygen atoms in total. The van der Waals surface area contributed by atoms with Crippen molar-refractivity contribution in [2.24, 2.45) is 0 Å². The van der Waals surface area contributed by atoms with E-state index in [1.807, 2.05) is 36.4 Å². The predicted octanol–water partition coefficient (Wildman–Crippen LogP) is 5.32. The Morgan fingerprint density at radius 2 is 1.19 bits per heavy atom. The van der Waals surface area contributed by atoms with E-state index < -0.39 is 0 Å². The number of benzene rings is 4. The minimum Gasteiger partial charge on any atom is -0.465 e. The molecule has 128 valence electrons. The number of esters is 1. The fourth-order valence-electron chi connectivity index (χ4n) is 3.24. The molecular formula is C24H20O2. The summed E-state index contributed by atoms with van der Waals surface area (Å²) in [4.78, 5) is 12.1. The number of ether oxygens (including phenoxy) is 1. The lowest BCUT2D eigenvalue weighted by Gasteiger charge is -2.07. The monoisotopic (exact) mass is 340 g/mol. The van der Waals surface area contributed by atoms with E-state index in [9.17, 15) is 4.79 Å². The summed E-state index contributed by atoms with van der Waals surface area (Å²) >= 11 is 0. The van der Waals surface area contributed by atoms with Crippen LogP contribution in [0, 0.1) is 0 Å². The van der Waals surface area contributed by atoms with Crippen LogP contribution in [-0.4, -0.2) is 12.6 Å². The minimum atomic E-state index is -0.180. The molecule has 0 atom stereocenters. The van der Waals surface area contributed by atoms with Crippen molar-refractivity contribution in [1.29, 1.82) is 0 Å². The van der Waals surface area contributed by atoms with Crippen LogP contribution in [0.3, 0.4) is 0 Å². The zero-order chi connectivity index (χ0) is 17.8. The average molecular weight is 340 g/mol. The van der Waals surface area contributed by atoms with Gasteiger partial charge in [0.1, 0.15) is 0 Å². The molecule has 26 heavy (non-hydrogen) atoms. The van der Waals surface area contributed by atoms with Crippen molar-refractivity contribution in [3.63, 3.8) is 0 Å². The Kier molecular flexibility index (Phi) is 4.65. The van der Waals surface area contributed by atoms with Gasteiger partial charge in [0.15, 0.2) is 0 Å². The normalized spacial score (nSPS) is 10.9. The van der Waals surface area contributed by atoms with Crippen molar-refractivity contribution >= 4 is 27.5 Å². The highest BCUT2D eigenvalue weighted by Crippen LogP contribution is 2.17. The third kappa shape index (κ3) is 3.75. The number of rotatable bonds is 5. The molecule has 0 heterocycles. The third-order valence-electron chi connectivity index (χ3n) is 4.63. The summed E-state index contributed by atoms with van der Waals surface area (Å²) in [6.07, 6.45) is 1.04. The second kappa shape index (κ2) is 7.40. The van der Waals surface area contributed by atoms with Crippen molar-refractivity contribution in [2.45, 2.75) is 12.8 Å². The van der Waals surface area contributed by atoms with Gasteiger partial charge in [-0.2, -0.15) is 0 Å². The molecule has 4 aromatic rings. The van der Waals surface area contributed by atoms with Gasteiger partial charge in [0, 0.05) is 6.42 Å². The van der Waals surface area contributed by atoms with E-state index in [-0.39, 0.29) is 5.97 Å². The average Bonchev–Trinajstić information content (AvgIpc) is 2.68. The summed E-state index contributed by atoms with van der Waals surface area (Å²) in [5.74, 6) is -0.180. The van der Waals surface area contributed by atoms with Gasteiger partial charge in [0.05, 0.1) is 13.0 Å². The number of hydrogen-bond donors (Lipinski definition) is 0. The topological polar surface area (TPSA) is 26.3 Å². The van der Waals surface area contributed by atoms with Gasteiger partial charge < -0.3 is 4.74 Å². The quantitative estimate of drug-likeness (QED) is 0.460. The van der Waals surface area contributed by atoms with Gasteiger partial charge in [-0.25, -0.2) is 0 Å². The first-order valence-corrected chi connectivity index (χ1v) is 8.89. The lowest BCUT2D eigenvalue weighted by atomic mass is 10.1. The smallest absolute Gasteiger partial charge is 0.310 e. The van der Waals surface area contributed by atoms with Crippen LogP contribution in [0.1, 0.15) is 11.1 Å². The lowest BCUT2D eigenvalue weighted by molar-refractivity contribution is -0.142. The van der Waals surface area contributed by atoms with E-state index in [1.165, 1.54) is 21.7 Å². The summed E-state index contributed by atoms with van der Waals surface area (Å²) < 4.78 is 5.44. The van der Waals surface area contributed by atoms with Gasteiger partial charge in [-0.05, 0) is 32.7 Å². The van der Waals surface area contributed by atoms with Crippen LogP contribution in [0.4, 0.5) is 0 Å². The van der Waals surface area contributed by atoms with Crippen LogP contribution < -0.4 is 0 Å². The molecule has 0 aliphatic heterocycles. The van der Waals surface area contributed by atoms with Crippen LogP contribution in [0.2, 0.25) is 0 Å². The molecule has 2 heteroatoms. The molecule has 0 fully saturated rings. The van der Waals surface area contributed by atoms with E-state index in [0.717, 1.165) is 17.4 Å². The van der Waals surface area contributed by atoms with E-state index >= 15 is 0 Å². The van der Waals surface area contributed by atoms with Gasteiger partial charge in [0.2, 0.25) is 0 Å². The fourth-order valence-corrected chi connectivity index (χ4v) is 3.24. The molecule has 4 rings (SSSR count). The van der Waals surface area contributed by atoms with Crippen molar-refractivity contribution < 1.29 is 9.53 Å². The summed E-state index contributed by atoms with van der Waals surface area (Å²) in [6.45, 7) is 0.407. The maximum Gasteiger partial charge on any atom is 0.310 e. The second-order valence-electron chi connectivity index (χ2n) is 6.51. The number of carbonyl (C=O) groups is 1. The Balaban J connectivity index is 1.34. The summed E-state index contributed by atoms with van der Waals surface area (Å²) in [6, 6.07) is 28.9. The zero-order valence-electron chi connectivity index (χ0n) is 14.5. The maximum absolute atomic E-state index is 12.1. The molecule has 0 bridgehead atoms. The Morgan fingerprint density at radius 3 is 1.85 bits per heavy atom. The lowest BCUT2D eigenvalue weighted by Crippen LogP contribution is -2.10. The van der Waals surface area contributed by atoms with Crippen LogP contribution >= 0.6 is 0 Å². The van der Waals surface area contributed by atoms with E-state index in [4.69, 9.17) is 4.74 Å². The van der Waals surface area contributed by atoms with E-state index in [0.29, 0.717) is 13.0 Å². The van der Waals surface area contributed by atoms with Gasteiger partial charge in [-0.1, -0.05) is 84.9 Å². The second-order valence-corrected chi connectivity index (χ2v) is 6.51. The SMILES string of the molecule is O=C(Cc1ccc2ccccc2c1)OCCc1ccc2ccccc2c1. The highest BCUT2D eigenvalue weighted by atomic mass is 16.5. The molecule has 0 spiro atoms. The molecule has 0 N–H and O–H groups in total. The number of carbonyl (C=O) groups excluding carboxylic acids is 1. The molecule has 0 aromatic heterocycles. The van der Waals surface area contributed by atoms with Crippen molar-refractivity contribution in [3.05, 3.63) is 96.1 Å². The summed E-state index contributed by atoms with van der Waals surface area (Å²) in [5, 5.41) is 4.77. The maximum atomic E-state index is 12.1. The predicted molar refractivity (Wildman–Crippen MR) is 106 cm³/mol. The van der Waals surface area contributed by atoms with E-state index in [1.54, 1.807) is 0 Å². The van der Waals surface area contributed by atoms with Crippen molar-refractivity contribution in [2.75, 3.05) is 6.61 Å². The molecule has 0 aliphatic carbocycles. The van der Waals surface area contributed by atoms with Crippen LogP contribution in [0.15, 0.2) is 84.9 Å². The molecule has 0 aliphatic rings. The molecule has 4 aromatic carbocycles. The number of hydrogen-bond acceptors (Lipinski definition) is 2. The Bertz CT molecular complexity index is 1070. The standard InChI is InChI=1S/C24H20O2/c25-24(17-19-10-12-21-6-2-4-8-23(21)16-19)26-14-13-18-9-11-20-5-1-3-7-22(20)15-18/h1-12,15-16H,13-14,17H2. The van der Waals surface area contributed by atoms with Gasteiger partial charge >= 0.3 is 5.97 Å². The van der Waals surface area contributed by atoms with Crippen molar-refractivity contribution in [3.8, 4) is 0 Å². The molecule has 0 amide bonds. The molecule has 0 unspecified atom stereocenters. The van der Waals surface area contributed by atoms with Gasteiger partial charge in [-0.15, -0.1) is 0 Å². The highest BCUT2D eigenvalue weighted by molar-refractivity contribution is 5.84. The molecule has 0 saturated carbocycles. The van der Waals surface area contributed by atoms with Crippen LogP contribution in [-0.2, 0) is 22.4 Å². The van der Waals surface area contributed by atoms with Crippen LogP contribution in [0.25, 0.3) is 21.5 Å². The first-order chi connectivity index (χ1) is 12.8. The minimum absolute atomic E-state index is 0.180. The zero-order valence-corrected chi connectivity index (χ0v) is 14.5. The van der Waals surface area contributed by atoms with Gasteiger partial charge in [-0.3, -0.25) is 4.79 Å². The van der Waals surface area contributed by atoms with Crippen molar-refractivity contribution in [1.82, 2.24) is 0 Å². The number of fused-ring (bicyclic) bond motifs is 2. The Hall–Kier alpha value is -3.13. The first kappa shape index (κ1) is 16.3. The Labute approximate surface area is 153 Å². The largest absolute Gasteiger partial charge is 0.465 e. The molecule has 0 saturated heterocycles. The molecular weight excluding hydrogens is 320 g/mol. The van der Waals surface area contributed by atoms with Crippen LogP contribution in [0.5, 0.6) is 0 Å². The third-order valence-corrected chi connectivity index (χ3v) is 4.63. The molecule has 0 radical (unpaired) electrons. The highest BCUT2D eigenvalue weighted by Gasteiger charge is 2.06. The first-order valence-electron chi connectivity index (χ1n) is 8.89. The summed E-state index contributed by atoms with van der Waals surface area (Å²) in [5.41, 5.74) is 2.17. The Morgan fingerprint density at radius 1 is 0.654 bits per heavy atom. The summed E-state index contributed by atoms with van der Waals surface area (Å²) in [7, 11) is 0. The van der Waals surface area contributed by atoms with Gasteiger partial charge in [0.25, 0.3) is 0 Å².